The highest BCUT2D eigenvalue weighted by Gasteiger charge is 2.22. The van der Waals surface area contributed by atoms with Crippen molar-refractivity contribution in [3.8, 4) is 11.5 Å². The minimum atomic E-state index is 0. The van der Waals surface area contributed by atoms with Gasteiger partial charge in [-0.2, -0.15) is 0 Å². The second-order valence-electron chi connectivity index (χ2n) is 5.35. The van der Waals surface area contributed by atoms with E-state index in [4.69, 9.17) is 9.47 Å². The number of carbonyl (C=O) groups excluding carboxylic acids is 1. The molecule has 0 radical (unpaired) electrons. The maximum absolute atomic E-state index is 12.7. The van der Waals surface area contributed by atoms with Crippen LogP contribution >= 0.6 is 12.4 Å². The van der Waals surface area contributed by atoms with Crippen LogP contribution in [0.5, 0.6) is 11.5 Å². The fraction of sp³-hybridized carbons (Fsp3) is 0.562. The van der Waals surface area contributed by atoms with Gasteiger partial charge in [0.2, 0.25) is 0 Å². The molecule has 22 heavy (non-hydrogen) atoms. The van der Waals surface area contributed by atoms with Gasteiger partial charge in [-0.25, -0.2) is 0 Å². The zero-order chi connectivity index (χ0) is 15.2. The Hall–Kier alpha value is -1.46. The molecular weight excluding hydrogens is 304 g/mol. The second-order valence-corrected chi connectivity index (χ2v) is 5.35. The first-order valence-electron chi connectivity index (χ1n) is 7.36. The van der Waals surface area contributed by atoms with Crippen LogP contribution in [-0.2, 0) is 0 Å². The van der Waals surface area contributed by atoms with Crippen molar-refractivity contribution >= 4 is 18.3 Å². The number of halogens is 1. The van der Waals surface area contributed by atoms with Gasteiger partial charge in [0.05, 0.1) is 14.2 Å². The fourth-order valence-electron chi connectivity index (χ4n) is 2.69. The Labute approximate surface area is 138 Å². The van der Waals surface area contributed by atoms with Crippen LogP contribution in [0.2, 0.25) is 0 Å². The predicted molar refractivity (Wildman–Crippen MR) is 89.4 cm³/mol. The molecule has 1 aliphatic rings. The van der Waals surface area contributed by atoms with Crippen LogP contribution in [0.3, 0.4) is 0 Å². The SMILES string of the molecule is COc1cc(OC)cc(C(=O)N(C)C2CCCNCC2)c1.Cl. The number of carbonyl (C=O) groups is 1. The molecule has 0 aliphatic carbocycles. The molecule has 5 nitrogen and oxygen atoms in total. The first-order chi connectivity index (χ1) is 10.2. The van der Waals surface area contributed by atoms with Crippen LogP contribution in [0.1, 0.15) is 29.6 Å². The summed E-state index contributed by atoms with van der Waals surface area (Å²) < 4.78 is 10.5. The third-order valence-corrected chi connectivity index (χ3v) is 4.01. The van der Waals surface area contributed by atoms with Crippen LogP contribution in [0, 0.1) is 0 Å². The number of nitrogens with zero attached hydrogens (tertiary/aromatic N) is 1. The Morgan fingerprint density at radius 1 is 1.14 bits per heavy atom. The molecule has 0 aromatic heterocycles. The summed E-state index contributed by atoms with van der Waals surface area (Å²) in [5.74, 6) is 1.28. The molecule has 0 spiro atoms. The number of benzene rings is 1. The van der Waals surface area contributed by atoms with Gasteiger partial charge in [-0.3, -0.25) is 4.79 Å². The first-order valence-corrected chi connectivity index (χ1v) is 7.36. The van der Waals surface area contributed by atoms with E-state index in [0.29, 0.717) is 17.1 Å². The van der Waals surface area contributed by atoms with Gasteiger partial charge >= 0.3 is 0 Å². The summed E-state index contributed by atoms with van der Waals surface area (Å²) in [6, 6.07) is 5.57. The molecular formula is C16H25ClN2O3. The number of methoxy groups -OCH3 is 2. The Morgan fingerprint density at radius 2 is 1.77 bits per heavy atom. The van der Waals surface area contributed by atoms with E-state index in [0.717, 1.165) is 32.4 Å². The van der Waals surface area contributed by atoms with E-state index in [-0.39, 0.29) is 24.4 Å². The number of hydrogen-bond donors (Lipinski definition) is 1. The number of amides is 1. The first kappa shape index (κ1) is 18.6. The standard InChI is InChI=1S/C16H24N2O3.ClH/c1-18(13-5-4-7-17-8-6-13)16(19)12-9-14(20-2)11-15(10-12)21-3;/h9-11,13,17H,4-8H2,1-3H3;1H. The van der Waals surface area contributed by atoms with Gasteiger partial charge in [-0.15, -0.1) is 12.4 Å². The highest BCUT2D eigenvalue weighted by Crippen LogP contribution is 2.24. The average molecular weight is 329 g/mol. The topological polar surface area (TPSA) is 50.8 Å². The monoisotopic (exact) mass is 328 g/mol. The Kier molecular flexibility index (Phi) is 7.48. The van der Waals surface area contributed by atoms with Gasteiger partial charge in [0, 0.05) is 24.7 Å². The smallest absolute Gasteiger partial charge is 0.254 e. The lowest BCUT2D eigenvalue weighted by Crippen LogP contribution is -2.37. The lowest BCUT2D eigenvalue weighted by atomic mass is 10.1. The summed E-state index contributed by atoms with van der Waals surface area (Å²) in [4.78, 5) is 14.5. The van der Waals surface area contributed by atoms with Crippen LogP contribution in [0.25, 0.3) is 0 Å². The molecule has 6 heteroatoms. The normalized spacial score (nSPS) is 17.9. The predicted octanol–water partition coefficient (Wildman–Crippen LogP) is 2.34. The lowest BCUT2D eigenvalue weighted by molar-refractivity contribution is 0.0719. The van der Waals surface area contributed by atoms with Crippen molar-refractivity contribution in [3.05, 3.63) is 23.8 Å². The molecule has 1 aromatic rings. The molecule has 1 amide bonds. The molecule has 1 saturated heterocycles. The zero-order valence-corrected chi connectivity index (χ0v) is 14.2. The van der Waals surface area contributed by atoms with Crippen molar-refractivity contribution in [1.29, 1.82) is 0 Å². The zero-order valence-electron chi connectivity index (χ0n) is 13.4. The molecule has 1 atom stereocenters. The molecule has 1 aromatic carbocycles. The molecule has 124 valence electrons. The highest BCUT2D eigenvalue weighted by atomic mass is 35.5. The number of ether oxygens (including phenoxy) is 2. The van der Waals surface area contributed by atoms with Crippen molar-refractivity contribution in [2.45, 2.75) is 25.3 Å². The quantitative estimate of drug-likeness (QED) is 0.921. The minimum absolute atomic E-state index is 0. The van der Waals surface area contributed by atoms with Crippen molar-refractivity contribution in [2.24, 2.45) is 0 Å². The van der Waals surface area contributed by atoms with Crippen LogP contribution in [-0.4, -0.2) is 51.2 Å². The van der Waals surface area contributed by atoms with Gasteiger partial charge in [-0.05, 0) is 44.5 Å². The van der Waals surface area contributed by atoms with Crippen molar-refractivity contribution in [3.63, 3.8) is 0 Å². The summed E-state index contributed by atoms with van der Waals surface area (Å²) in [6.07, 6.45) is 3.13. The maximum atomic E-state index is 12.7. The molecule has 0 bridgehead atoms. The number of hydrogen-bond acceptors (Lipinski definition) is 4. The lowest BCUT2D eigenvalue weighted by Gasteiger charge is -2.27. The molecule has 1 fully saturated rings. The van der Waals surface area contributed by atoms with Gasteiger partial charge in [-0.1, -0.05) is 0 Å². The van der Waals surface area contributed by atoms with E-state index < -0.39 is 0 Å². The van der Waals surface area contributed by atoms with Crippen LogP contribution in [0.15, 0.2) is 18.2 Å². The van der Waals surface area contributed by atoms with Crippen LogP contribution in [0.4, 0.5) is 0 Å². The Morgan fingerprint density at radius 3 is 2.36 bits per heavy atom. The summed E-state index contributed by atoms with van der Waals surface area (Å²) in [5.41, 5.74) is 0.603. The summed E-state index contributed by atoms with van der Waals surface area (Å²) >= 11 is 0. The fourth-order valence-corrected chi connectivity index (χ4v) is 2.69. The third-order valence-electron chi connectivity index (χ3n) is 4.01. The van der Waals surface area contributed by atoms with Crippen molar-refractivity contribution < 1.29 is 14.3 Å². The van der Waals surface area contributed by atoms with Gasteiger partial charge in [0.25, 0.3) is 5.91 Å². The summed E-state index contributed by atoms with van der Waals surface area (Å²) in [6.45, 7) is 2.00. The number of rotatable bonds is 4. The second kappa shape index (κ2) is 8.86. The largest absolute Gasteiger partial charge is 0.497 e. The molecule has 1 aliphatic heterocycles. The molecule has 2 rings (SSSR count). The average Bonchev–Trinajstić information content (AvgIpc) is 2.82. The van der Waals surface area contributed by atoms with Crippen LogP contribution < -0.4 is 14.8 Å². The minimum Gasteiger partial charge on any atom is -0.497 e. The molecule has 1 N–H and O–H groups in total. The van der Waals surface area contributed by atoms with E-state index in [1.165, 1.54) is 0 Å². The van der Waals surface area contributed by atoms with E-state index in [2.05, 4.69) is 5.32 Å². The summed E-state index contributed by atoms with van der Waals surface area (Å²) in [7, 11) is 5.05. The third kappa shape index (κ3) is 4.52. The van der Waals surface area contributed by atoms with E-state index in [1.54, 1.807) is 32.4 Å². The van der Waals surface area contributed by atoms with Gasteiger partial charge < -0.3 is 19.7 Å². The number of nitrogens with one attached hydrogen (secondary N) is 1. The Bertz CT molecular complexity index is 466. The van der Waals surface area contributed by atoms with Gasteiger partial charge in [0.1, 0.15) is 11.5 Å². The molecule has 1 unspecified atom stereocenters. The molecule has 1 heterocycles. The highest BCUT2D eigenvalue weighted by molar-refractivity contribution is 5.95. The van der Waals surface area contributed by atoms with Crippen molar-refractivity contribution in [1.82, 2.24) is 10.2 Å². The van der Waals surface area contributed by atoms with Gasteiger partial charge in [0.15, 0.2) is 0 Å². The Balaban J connectivity index is 0.00000242. The maximum Gasteiger partial charge on any atom is 0.254 e. The van der Waals surface area contributed by atoms with E-state index in [9.17, 15) is 4.79 Å². The van der Waals surface area contributed by atoms with E-state index in [1.807, 2.05) is 11.9 Å². The molecule has 0 saturated carbocycles. The summed E-state index contributed by atoms with van der Waals surface area (Å²) in [5, 5.41) is 3.37. The van der Waals surface area contributed by atoms with Crippen molar-refractivity contribution in [2.75, 3.05) is 34.4 Å². The van der Waals surface area contributed by atoms with E-state index >= 15 is 0 Å².